The first-order valence-electron chi connectivity index (χ1n) is 10.8. The van der Waals surface area contributed by atoms with Gasteiger partial charge in [-0.1, -0.05) is 30.3 Å². The van der Waals surface area contributed by atoms with Gasteiger partial charge in [0.25, 0.3) is 5.56 Å². The van der Waals surface area contributed by atoms with E-state index < -0.39 is 34.6 Å². The number of nitrogen functional groups attached to an aromatic ring is 1. The monoisotopic (exact) mass is 482 g/mol. The van der Waals surface area contributed by atoms with Crippen LogP contribution in [0.2, 0.25) is 0 Å². The molecule has 4 rings (SSSR count). The first-order chi connectivity index (χ1) is 16.5. The quantitative estimate of drug-likeness (QED) is 0.451. The van der Waals surface area contributed by atoms with Crippen molar-refractivity contribution in [1.82, 2.24) is 14.1 Å². The number of anilines is 1. The molecule has 2 aromatic heterocycles. The third kappa shape index (κ3) is 5.01. The lowest BCUT2D eigenvalue weighted by atomic mass is 10.2. The summed E-state index contributed by atoms with van der Waals surface area (Å²) in [6.07, 6.45) is 0.595. The van der Waals surface area contributed by atoms with Gasteiger partial charge in [0.1, 0.15) is 23.5 Å². The van der Waals surface area contributed by atoms with E-state index in [1.165, 1.54) is 16.8 Å². The van der Waals surface area contributed by atoms with Crippen molar-refractivity contribution in [1.29, 1.82) is 0 Å². The zero-order valence-corrected chi connectivity index (χ0v) is 19.4. The van der Waals surface area contributed by atoms with Gasteiger partial charge in [0, 0.05) is 12.3 Å². The summed E-state index contributed by atoms with van der Waals surface area (Å²) in [6.45, 7) is 4.74. The summed E-state index contributed by atoms with van der Waals surface area (Å²) in [4.78, 5) is 30.0. The highest BCUT2D eigenvalue weighted by Gasteiger charge is 2.28. The zero-order chi connectivity index (χ0) is 25.3. The van der Waals surface area contributed by atoms with Crippen LogP contribution in [0.5, 0.6) is 5.75 Å². The van der Waals surface area contributed by atoms with Crippen molar-refractivity contribution in [2.75, 3.05) is 5.73 Å². The van der Waals surface area contributed by atoms with Gasteiger partial charge in [-0.05, 0) is 38.5 Å². The van der Waals surface area contributed by atoms with Crippen molar-refractivity contribution in [3.05, 3.63) is 88.1 Å². The highest BCUT2D eigenvalue weighted by molar-refractivity contribution is 5.91. The molecular weight excluding hydrogens is 458 g/mol. The molecule has 8 nitrogen and oxygen atoms in total. The lowest BCUT2D eigenvalue weighted by molar-refractivity contribution is 0.0538. The van der Waals surface area contributed by atoms with E-state index in [9.17, 15) is 18.4 Å². The molecule has 10 heteroatoms. The Morgan fingerprint density at radius 2 is 1.83 bits per heavy atom. The van der Waals surface area contributed by atoms with E-state index in [0.29, 0.717) is 0 Å². The molecule has 0 saturated heterocycles. The fourth-order valence-corrected chi connectivity index (χ4v) is 3.49. The Labute approximate surface area is 199 Å². The van der Waals surface area contributed by atoms with E-state index in [-0.39, 0.29) is 35.7 Å². The van der Waals surface area contributed by atoms with Crippen molar-refractivity contribution >= 4 is 22.8 Å². The maximum Gasteiger partial charge on any atom is 0.420 e. The molecular formula is C25H24F2N4O4. The number of fused-ring (bicyclic) bond motifs is 1. The van der Waals surface area contributed by atoms with Gasteiger partial charge < -0.3 is 19.8 Å². The Hall–Kier alpha value is -4.21. The number of nitrogens with two attached hydrogens (primary N) is 1. The van der Waals surface area contributed by atoms with Crippen LogP contribution in [0.3, 0.4) is 0 Å². The van der Waals surface area contributed by atoms with Gasteiger partial charge >= 0.3 is 6.09 Å². The number of halogens is 2. The van der Waals surface area contributed by atoms with Gasteiger partial charge in [-0.3, -0.25) is 4.79 Å². The van der Waals surface area contributed by atoms with E-state index in [1.54, 1.807) is 51.1 Å². The number of nitrogens with zero attached hydrogens (tertiary/aromatic N) is 3. The Balaban J connectivity index is 1.88. The van der Waals surface area contributed by atoms with Gasteiger partial charge in [-0.2, -0.15) is 4.39 Å². The Morgan fingerprint density at radius 1 is 1.11 bits per heavy atom. The molecule has 0 amide bonds. The van der Waals surface area contributed by atoms with Crippen LogP contribution in [-0.4, -0.2) is 25.8 Å². The molecule has 182 valence electrons. The van der Waals surface area contributed by atoms with Crippen LogP contribution < -0.4 is 16.0 Å². The highest BCUT2D eigenvalue weighted by Crippen LogP contribution is 2.33. The number of benzene rings is 2. The molecule has 2 aromatic carbocycles. The lowest BCUT2D eigenvalue weighted by Crippen LogP contribution is -2.30. The van der Waals surface area contributed by atoms with Gasteiger partial charge in [0.2, 0.25) is 5.82 Å². The van der Waals surface area contributed by atoms with Crippen LogP contribution in [0, 0.1) is 11.6 Å². The standard InChI is InChI=1S/C25H24F2N4O4/c1-25(2,3)35-24(33)31-18-12-16(26)20(27)22(34-14-15-8-5-4-6-9-15)21(18)29-19(31)13-30-11-7-10-17(28)23(30)32/h4-12H,13-14,28H2,1-3H3. The average Bonchev–Trinajstić information content (AvgIpc) is 3.14. The molecule has 0 bridgehead atoms. The Morgan fingerprint density at radius 3 is 2.51 bits per heavy atom. The molecule has 2 heterocycles. The molecule has 0 aliphatic heterocycles. The maximum atomic E-state index is 14.9. The van der Waals surface area contributed by atoms with Crippen molar-refractivity contribution in [3.8, 4) is 5.75 Å². The molecule has 0 unspecified atom stereocenters. The average molecular weight is 482 g/mol. The van der Waals surface area contributed by atoms with E-state index in [0.717, 1.165) is 16.2 Å². The second-order valence-corrected chi connectivity index (χ2v) is 8.88. The minimum absolute atomic E-state index is 0.00333. The third-order valence-corrected chi connectivity index (χ3v) is 5.03. The number of carbonyl (C=O) groups excluding carboxylic acids is 1. The number of hydrogen-bond donors (Lipinski definition) is 1. The fraction of sp³-hybridized carbons (Fsp3) is 0.240. The van der Waals surface area contributed by atoms with Crippen molar-refractivity contribution < 1.29 is 23.0 Å². The minimum atomic E-state index is -1.24. The van der Waals surface area contributed by atoms with Crippen molar-refractivity contribution in [3.63, 3.8) is 0 Å². The fourth-order valence-electron chi connectivity index (χ4n) is 3.49. The summed E-state index contributed by atoms with van der Waals surface area (Å²) >= 11 is 0. The van der Waals surface area contributed by atoms with Gasteiger partial charge in [0.15, 0.2) is 11.6 Å². The number of rotatable bonds is 5. The normalized spacial score (nSPS) is 11.6. The molecule has 0 fully saturated rings. The van der Waals surface area contributed by atoms with E-state index in [2.05, 4.69) is 4.98 Å². The van der Waals surface area contributed by atoms with Crippen LogP contribution in [0.4, 0.5) is 19.3 Å². The van der Waals surface area contributed by atoms with Gasteiger partial charge in [-0.25, -0.2) is 18.7 Å². The number of hydrogen-bond acceptors (Lipinski definition) is 6. The first-order valence-corrected chi connectivity index (χ1v) is 10.8. The van der Waals surface area contributed by atoms with Crippen molar-refractivity contribution in [2.45, 2.75) is 39.5 Å². The molecule has 35 heavy (non-hydrogen) atoms. The smallest absolute Gasteiger partial charge is 0.420 e. The number of ether oxygens (including phenoxy) is 2. The molecule has 0 radical (unpaired) electrons. The predicted octanol–water partition coefficient (Wildman–Crippen LogP) is 4.47. The minimum Gasteiger partial charge on any atom is -0.483 e. The summed E-state index contributed by atoms with van der Waals surface area (Å²) in [5, 5.41) is 0. The first kappa shape index (κ1) is 23.9. The van der Waals surface area contributed by atoms with Gasteiger partial charge in [-0.15, -0.1) is 0 Å². The Bertz CT molecular complexity index is 1460. The summed E-state index contributed by atoms with van der Waals surface area (Å²) < 4.78 is 42.8. The summed E-state index contributed by atoms with van der Waals surface area (Å²) in [7, 11) is 0. The van der Waals surface area contributed by atoms with E-state index in [1.807, 2.05) is 6.07 Å². The van der Waals surface area contributed by atoms with Crippen LogP contribution in [0.1, 0.15) is 32.2 Å². The van der Waals surface area contributed by atoms with E-state index >= 15 is 0 Å². The molecule has 2 N–H and O–H groups in total. The van der Waals surface area contributed by atoms with Crippen molar-refractivity contribution in [2.24, 2.45) is 0 Å². The maximum absolute atomic E-state index is 14.9. The summed E-state index contributed by atoms with van der Waals surface area (Å²) in [6, 6.07) is 12.8. The van der Waals surface area contributed by atoms with Crippen LogP contribution >= 0.6 is 0 Å². The zero-order valence-electron chi connectivity index (χ0n) is 19.4. The molecule has 0 atom stereocenters. The predicted molar refractivity (Wildman–Crippen MR) is 126 cm³/mol. The molecule has 0 aliphatic carbocycles. The summed E-state index contributed by atoms with van der Waals surface area (Å²) in [5.74, 6) is -2.91. The van der Waals surface area contributed by atoms with Gasteiger partial charge in [0.05, 0.1) is 17.7 Å². The molecule has 0 aliphatic rings. The third-order valence-electron chi connectivity index (χ3n) is 5.03. The van der Waals surface area contributed by atoms with Crippen LogP contribution in [-0.2, 0) is 17.9 Å². The number of pyridine rings is 1. The molecule has 0 saturated carbocycles. The summed E-state index contributed by atoms with van der Waals surface area (Å²) in [5.41, 5.74) is 4.90. The SMILES string of the molecule is CC(C)(C)OC(=O)n1c(Cn2cccc(N)c2=O)nc2c(OCc3ccccc3)c(F)c(F)cc21. The second-order valence-electron chi connectivity index (χ2n) is 8.88. The molecule has 0 spiro atoms. The largest absolute Gasteiger partial charge is 0.483 e. The van der Waals surface area contributed by atoms with Crippen LogP contribution in [0.25, 0.3) is 11.0 Å². The highest BCUT2D eigenvalue weighted by atomic mass is 19.2. The number of imidazole rings is 1. The Kier molecular flexibility index (Phi) is 6.29. The van der Waals surface area contributed by atoms with E-state index in [4.69, 9.17) is 15.2 Å². The number of carbonyl (C=O) groups is 1. The van der Waals surface area contributed by atoms with Crippen LogP contribution in [0.15, 0.2) is 59.5 Å². The number of aromatic nitrogens is 3. The second kappa shape index (κ2) is 9.21. The lowest BCUT2D eigenvalue weighted by Gasteiger charge is -2.20. The molecule has 4 aromatic rings. The topological polar surface area (TPSA) is 101 Å².